The second kappa shape index (κ2) is 8.42. The Morgan fingerprint density at radius 3 is 2.76 bits per heavy atom. The Balaban J connectivity index is 2.55. The molecule has 114 valence electrons. The molecular weight excluding hydrogens is 292 g/mol. The number of hydrogen-bond donors (Lipinski definition) is 3. The molecule has 0 saturated heterocycles. The van der Waals surface area contributed by atoms with Crippen molar-refractivity contribution >= 4 is 15.9 Å². The second-order valence-electron chi connectivity index (χ2n) is 4.28. The van der Waals surface area contributed by atoms with Gasteiger partial charge in [-0.15, -0.1) is 0 Å². The first-order valence-corrected chi connectivity index (χ1v) is 8.24. The lowest BCUT2D eigenvalue weighted by molar-refractivity contribution is 0.0954. The van der Waals surface area contributed by atoms with Gasteiger partial charge in [0.15, 0.2) is 0 Å². The lowest BCUT2D eigenvalue weighted by Gasteiger charge is -2.06. The van der Waals surface area contributed by atoms with Crippen LogP contribution in [0.15, 0.2) is 24.3 Å². The van der Waals surface area contributed by atoms with E-state index in [9.17, 15) is 13.2 Å². The van der Waals surface area contributed by atoms with Crippen molar-refractivity contribution in [2.45, 2.75) is 6.42 Å². The van der Waals surface area contributed by atoms with E-state index in [0.717, 1.165) is 6.26 Å². The minimum absolute atomic E-state index is 0.000509. The molecule has 3 N–H and O–H groups in total. The maximum atomic E-state index is 11.9. The molecule has 0 unspecified atom stereocenters. The van der Waals surface area contributed by atoms with Gasteiger partial charge in [-0.1, -0.05) is 17.9 Å². The Bertz CT molecular complexity index is 644. The van der Waals surface area contributed by atoms with Crippen LogP contribution in [-0.2, 0) is 10.0 Å². The highest BCUT2D eigenvalue weighted by Gasteiger charge is 2.05. The first-order chi connectivity index (χ1) is 9.92. The SMILES string of the molecule is CS(=O)(=O)NCCNC(=O)c1cccc(C#CCCO)c1. The maximum Gasteiger partial charge on any atom is 0.251 e. The molecule has 0 aliphatic heterocycles. The van der Waals surface area contributed by atoms with Crippen molar-refractivity contribution in [1.29, 1.82) is 0 Å². The van der Waals surface area contributed by atoms with E-state index in [1.165, 1.54) is 0 Å². The third-order valence-electron chi connectivity index (χ3n) is 2.37. The van der Waals surface area contributed by atoms with Crippen molar-refractivity contribution in [3.63, 3.8) is 0 Å². The summed E-state index contributed by atoms with van der Waals surface area (Å²) in [5.74, 6) is 5.33. The highest BCUT2D eigenvalue weighted by Crippen LogP contribution is 2.04. The number of sulfonamides is 1. The van der Waals surface area contributed by atoms with Crippen molar-refractivity contribution in [2.24, 2.45) is 0 Å². The molecule has 1 aromatic carbocycles. The molecular formula is C14H18N2O4S. The van der Waals surface area contributed by atoms with Gasteiger partial charge in [-0.3, -0.25) is 4.79 Å². The highest BCUT2D eigenvalue weighted by molar-refractivity contribution is 7.88. The average molecular weight is 310 g/mol. The van der Waals surface area contributed by atoms with Crippen LogP contribution in [0.1, 0.15) is 22.3 Å². The average Bonchev–Trinajstić information content (AvgIpc) is 2.43. The third-order valence-corrected chi connectivity index (χ3v) is 3.10. The van der Waals surface area contributed by atoms with Crippen LogP contribution in [-0.4, -0.2) is 45.4 Å². The lowest BCUT2D eigenvalue weighted by Crippen LogP contribution is -2.34. The molecule has 0 aromatic heterocycles. The quantitative estimate of drug-likeness (QED) is 0.496. The summed E-state index contributed by atoms with van der Waals surface area (Å²) in [6.07, 6.45) is 1.44. The number of hydrogen-bond acceptors (Lipinski definition) is 4. The zero-order chi connectivity index (χ0) is 15.7. The Labute approximate surface area is 124 Å². The summed E-state index contributed by atoms with van der Waals surface area (Å²) in [5.41, 5.74) is 1.13. The van der Waals surface area contributed by atoms with Gasteiger partial charge < -0.3 is 10.4 Å². The van der Waals surface area contributed by atoms with Crippen molar-refractivity contribution in [3.8, 4) is 11.8 Å². The van der Waals surface area contributed by atoms with Crippen molar-refractivity contribution in [3.05, 3.63) is 35.4 Å². The van der Waals surface area contributed by atoms with Gasteiger partial charge in [0.05, 0.1) is 12.9 Å². The monoisotopic (exact) mass is 310 g/mol. The van der Waals surface area contributed by atoms with Crippen LogP contribution in [0.2, 0.25) is 0 Å². The van der Waals surface area contributed by atoms with E-state index in [4.69, 9.17) is 5.11 Å². The number of amides is 1. The molecule has 7 heteroatoms. The van der Waals surface area contributed by atoms with Crippen LogP contribution in [0.3, 0.4) is 0 Å². The second-order valence-corrected chi connectivity index (χ2v) is 6.11. The topological polar surface area (TPSA) is 95.5 Å². The first kappa shape index (κ1) is 17.2. The number of carbonyl (C=O) groups excluding carboxylic acids is 1. The Hall–Kier alpha value is -1.88. The predicted octanol–water partition coefficient (Wildman–Crippen LogP) is -0.300. The number of aliphatic hydroxyl groups excluding tert-OH is 1. The van der Waals surface area contributed by atoms with E-state index >= 15 is 0 Å². The molecule has 1 rings (SSSR count). The summed E-state index contributed by atoms with van der Waals surface area (Å²) in [5, 5.41) is 11.3. The zero-order valence-corrected chi connectivity index (χ0v) is 12.5. The van der Waals surface area contributed by atoms with Crippen molar-refractivity contribution < 1.29 is 18.3 Å². The predicted molar refractivity (Wildman–Crippen MR) is 80.2 cm³/mol. The van der Waals surface area contributed by atoms with Gasteiger partial charge in [0, 0.05) is 30.6 Å². The van der Waals surface area contributed by atoms with Crippen LogP contribution >= 0.6 is 0 Å². The summed E-state index contributed by atoms with van der Waals surface area (Å²) >= 11 is 0. The molecule has 0 radical (unpaired) electrons. The number of carbonyl (C=O) groups is 1. The smallest absolute Gasteiger partial charge is 0.251 e. The van der Waals surface area contributed by atoms with Crippen LogP contribution < -0.4 is 10.0 Å². The summed E-state index contributed by atoms with van der Waals surface area (Å²) in [6.45, 7) is 0.341. The number of aliphatic hydroxyl groups is 1. The van der Waals surface area contributed by atoms with Crippen LogP contribution in [0.5, 0.6) is 0 Å². The summed E-state index contributed by atoms with van der Waals surface area (Å²) < 4.78 is 24.0. The van der Waals surface area contributed by atoms with E-state index in [1.807, 2.05) is 0 Å². The fraction of sp³-hybridized carbons (Fsp3) is 0.357. The minimum atomic E-state index is -3.25. The fourth-order valence-electron chi connectivity index (χ4n) is 1.47. The Morgan fingerprint density at radius 2 is 2.10 bits per heavy atom. The van der Waals surface area contributed by atoms with E-state index in [2.05, 4.69) is 21.9 Å². The summed E-state index contributed by atoms with van der Waals surface area (Å²) in [7, 11) is -3.25. The summed E-state index contributed by atoms with van der Waals surface area (Å²) in [4.78, 5) is 11.9. The number of nitrogens with one attached hydrogen (secondary N) is 2. The minimum Gasteiger partial charge on any atom is -0.395 e. The highest BCUT2D eigenvalue weighted by atomic mass is 32.2. The van der Waals surface area contributed by atoms with E-state index in [0.29, 0.717) is 17.5 Å². The molecule has 0 aliphatic rings. The van der Waals surface area contributed by atoms with Gasteiger partial charge in [-0.25, -0.2) is 13.1 Å². The van der Waals surface area contributed by atoms with Gasteiger partial charge in [-0.05, 0) is 18.2 Å². The molecule has 0 atom stereocenters. The van der Waals surface area contributed by atoms with Gasteiger partial charge >= 0.3 is 0 Å². The molecule has 1 aromatic rings. The van der Waals surface area contributed by atoms with Gasteiger partial charge in [-0.2, -0.15) is 0 Å². The van der Waals surface area contributed by atoms with E-state index < -0.39 is 10.0 Å². The largest absolute Gasteiger partial charge is 0.395 e. The Morgan fingerprint density at radius 1 is 1.33 bits per heavy atom. The molecule has 0 spiro atoms. The van der Waals surface area contributed by atoms with Gasteiger partial charge in [0.2, 0.25) is 10.0 Å². The third kappa shape index (κ3) is 7.46. The van der Waals surface area contributed by atoms with Crippen molar-refractivity contribution in [2.75, 3.05) is 26.0 Å². The molecule has 0 heterocycles. The zero-order valence-electron chi connectivity index (χ0n) is 11.7. The van der Waals surface area contributed by atoms with Crippen LogP contribution in [0, 0.1) is 11.8 Å². The summed E-state index contributed by atoms with van der Waals surface area (Å²) in [6, 6.07) is 6.78. The van der Waals surface area contributed by atoms with Gasteiger partial charge in [0.1, 0.15) is 0 Å². The molecule has 21 heavy (non-hydrogen) atoms. The molecule has 0 bridgehead atoms. The Kier molecular flexibility index (Phi) is 6.88. The lowest BCUT2D eigenvalue weighted by atomic mass is 10.1. The normalized spacial score (nSPS) is 10.6. The van der Waals surface area contributed by atoms with Crippen molar-refractivity contribution in [1.82, 2.24) is 10.0 Å². The van der Waals surface area contributed by atoms with Crippen LogP contribution in [0.4, 0.5) is 0 Å². The fourth-order valence-corrected chi connectivity index (χ4v) is 1.95. The maximum absolute atomic E-state index is 11.9. The van der Waals surface area contributed by atoms with Crippen LogP contribution in [0.25, 0.3) is 0 Å². The molecule has 1 amide bonds. The number of rotatable bonds is 6. The van der Waals surface area contributed by atoms with E-state index in [-0.39, 0.29) is 25.6 Å². The molecule has 0 fully saturated rings. The molecule has 6 nitrogen and oxygen atoms in total. The standard InChI is InChI=1S/C14H18N2O4S/c1-21(19,20)16-9-8-15-14(18)13-7-4-6-12(11-13)5-2-3-10-17/h4,6-7,11,16-17H,3,8-10H2,1H3,(H,15,18). The van der Waals surface area contributed by atoms with Gasteiger partial charge in [0.25, 0.3) is 5.91 Å². The molecule has 0 saturated carbocycles. The number of benzene rings is 1. The molecule has 0 aliphatic carbocycles. The first-order valence-electron chi connectivity index (χ1n) is 6.35. The van der Waals surface area contributed by atoms with E-state index in [1.54, 1.807) is 24.3 Å².